The number of methoxy groups -OCH3 is 2. The summed E-state index contributed by atoms with van der Waals surface area (Å²) >= 11 is 1.69. The number of hydrogen-bond donors (Lipinski definition) is 1. The molecular formula is C20H27N3O3S. The largest absolute Gasteiger partial charge is 0.493 e. The van der Waals surface area contributed by atoms with Crippen LogP contribution in [0.3, 0.4) is 0 Å². The highest BCUT2D eigenvalue weighted by Crippen LogP contribution is 2.31. The third-order valence-electron chi connectivity index (χ3n) is 5.01. The van der Waals surface area contributed by atoms with E-state index < -0.39 is 0 Å². The van der Waals surface area contributed by atoms with Crippen LogP contribution < -0.4 is 14.8 Å². The van der Waals surface area contributed by atoms with E-state index >= 15 is 0 Å². The van der Waals surface area contributed by atoms with Crippen molar-refractivity contribution in [1.82, 2.24) is 15.1 Å². The normalized spacial score (nSPS) is 16.7. The van der Waals surface area contributed by atoms with Gasteiger partial charge in [0.2, 0.25) is 0 Å². The third-order valence-corrected chi connectivity index (χ3v) is 5.71. The minimum Gasteiger partial charge on any atom is -0.493 e. The molecule has 7 heteroatoms. The van der Waals surface area contributed by atoms with Crippen LogP contribution in [-0.2, 0) is 0 Å². The molecular weight excluding hydrogens is 362 g/mol. The number of benzene rings is 1. The molecule has 1 N–H and O–H groups in total. The number of hydrogen-bond acceptors (Lipinski definition) is 6. The van der Waals surface area contributed by atoms with Crippen LogP contribution in [0.2, 0.25) is 0 Å². The fraction of sp³-hybridized carbons (Fsp3) is 0.450. The standard InChI is InChI=1S/C20H27N3O3S/c1-22-8-10-23(11-9-22)17(15-7-12-27-14-15)13-21-20(24)16-5-4-6-18(25-2)19(16)26-3/h4-7,12,14,17H,8-11,13H2,1-3H3,(H,21,24)/t17-/m1/s1. The summed E-state index contributed by atoms with van der Waals surface area (Å²) in [6.07, 6.45) is 0. The van der Waals surface area contributed by atoms with Crippen molar-refractivity contribution in [1.29, 1.82) is 0 Å². The monoisotopic (exact) mass is 389 g/mol. The second kappa shape index (κ2) is 9.21. The van der Waals surface area contributed by atoms with Gasteiger partial charge in [-0.3, -0.25) is 9.69 Å². The summed E-state index contributed by atoms with van der Waals surface area (Å²) in [7, 11) is 5.26. The molecule has 0 aliphatic carbocycles. The molecule has 1 saturated heterocycles. The molecule has 2 aromatic rings. The Balaban J connectivity index is 1.73. The summed E-state index contributed by atoms with van der Waals surface area (Å²) < 4.78 is 10.7. The van der Waals surface area contributed by atoms with E-state index in [0.29, 0.717) is 23.6 Å². The van der Waals surface area contributed by atoms with Gasteiger partial charge in [-0.25, -0.2) is 0 Å². The highest BCUT2D eigenvalue weighted by atomic mass is 32.1. The fourth-order valence-corrected chi connectivity index (χ4v) is 4.11. The lowest BCUT2D eigenvalue weighted by molar-refractivity contribution is 0.0883. The van der Waals surface area contributed by atoms with Crippen LogP contribution in [0, 0.1) is 0 Å². The topological polar surface area (TPSA) is 54.0 Å². The molecule has 3 rings (SSSR count). The first-order chi connectivity index (χ1) is 13.1. The molecule has 6 nitrogen and oxygen atoms in total. The maximum atomic E-state index is 12.8. The van der Waals surface area contributed by atoms with Gasteiger partial charge in [0.25, 0.3) is 5.91 Å². The minimum atomic E-state index is -0.153. The number of rotatable bonds is 7. The molecule has 27 heavy (non-hydrogen) atoms. The van der Waals surface area contributed by atoms with E-state index in [-0.39, 0.29) is 11.9 Å². The SMILES string of the molecule is COc1cccc(C(=O)NC[C@H](c2ccsc2)N2CCN(C)CC2)c1OC. The Hall–Kier alpha value is -2.09. The number of carbonyl (C=O) groups is 1. The highest BCUT2D eigenvalue weighted by Gasteiger charge is 2.25. The minimum absolute atomic E-state index is 0.153. The lowest BCUT2D eigenvalue weighted by Gasteiger charge is -2.38. The Morgan fingerprint density at radius 1 is 1.19 bits per heavy atom. The van der Waals surface area contributed by atoms with Crippen LogP contribution in [-0.4, -0.2) is 69.7 Å². The average molecular weight is 390 g/mol. The van der Waals surface area contributed by atoms with Crippen LogP contribution in [0.5, 0.6) is 11.5 Å². The first-order valence-corrected chi connectivity index (χ1v) is 10.0. The van der Waals surface area contributed by atoms with E-state index in [1.165, 1.54) is 5.56 Å². The average Bonchev–Trinajstić information content (AvgIpc) is 3.23. The summed E-state index contributed by atoms with van der Waals surface area (Å²) in [5.74, 6) is 0.864. The van der Waals surface area contributed by atoms with Crippen LogP contribution >= 0.6 is 11.3 Å². The van der Waals surface area contributed by atoms with E-state index in [9.17, 15) is 4.79 Å². The molecule has 146 valence electrons. The number of likely N-dealkylation sites (N-methyl/N-ethyl adjacent to an activating group) is 1. The first kappa shape index (κ1) is 19.7. The quantitative estimate of drug-likeness (QED) is 0.789. The number of amides is 1. The summed E-state index contributed by atoms with van der Waals surface area (Å²) in [6.45, 7) is 4.63. The fourth-order valence-electron chi connectivity index (χ4n) is 3.41. The van der Waals surface area contributed by atoms with Gasteiger partial charge in [-0.2, -0.15) is 11.3 Å². The van der Waals surface area contributed by atoms with E-state index in [2.05, 4.69) is 39.0 Å². The van der Waals surface area contributed by atoms with E-state index in [4.69, 9.17) is 9.47 Å². The van der Waals surface area contributed by atoms with Crippen LogP contribution in [0.25, 0.3) is 0 Å². The second-order valence-corrected chi connectivity index (χ2v) is 7.44. The van der Waals surface area contributed by atoms with Crippen molar-refractivity contribution >= 4 is 17.2 Å². The van der Waals surface area contributed by atoms with E-state index in [0.717, 1.165) is 26.2 Å². The van der Waals surface area contributed by atoms with E-state index in [1.807, 2.05) is 0 Å². The van der Waals surface area contributed by atoms with Crippen molar-refractivity contribution in [3.8, 4) is 11.5 Å². The number of nitrogens with zero attached hydrogens (tertiary/aromatic N) is 2. The molecule has 1 aromatic heterocycles. The molecule has 1 aromatic carbocycles. The Bertz CT molecular complexity index is 743. The predicted octanol–water partition coefficient (Wildman–Crippen LogP) is 2.48. The van der Waals surface area contributed by atoms with Crippen LogP contribution in [0.15, 0.2) is 35.0 Å². The van der Waals surface area contributed by atoms with Gasteiger partial charge in [0.05, 0.1) is 25.8 Å². The maximum absolute atomic E-state index is 12.8. The van der Waals surface area contributed by atoms with Crippen LogP contribution in [0.4, 0.5) is 0 Å². The van der Waals surface area contributed by atoms with Crippen molar-refractivity contribution in [2.45, 2.75) is 6.04 Å². The predicted molar refractivity (Wildman–Crippen MR) is 108 cm³/mol. The summed E-state index contributed by atoms with van der Waals surface area (Å²) in [5.41, 5.74) is 1.74. The Labute approximate surface area is 164 Å². The molecule has 0 unspecified atom stereocenters. The lowest BCUT2D eigenvalue weighted by Crippen LogP contribution is -2.48. The Kier molecular flexibility index (Phi) is 6.71. The number of nitrogens with one attached hydrogen (secondary N) is 1. The molecule has 0 spiro atoms. The number of thiophene rings is 1. The molecule has 1 aliphatic heterocycles. The van der Waals surface area contributed by atoms with Crippen molar-refractivity contribution in [3.63, 3.8) is 0 Å². The number of piperazine rings is 1. The van der Waals surface area contributed by atoms with Gasteiger partial charge in [-0.05, 0) is 41.6 Å². The van der Waals surface area contributed by atoms with Gasteiger partial charge < -0.3 is 19.7 Å². The van der Waals surface area contributed by atoms with Crippen molar-refractivity contribution < 1.29 is 14.3 Å². The molecule has 1 aliphatic rings. The lowest BCUT2D eigenvalue weighted by atomic mass is 10.1. The second-order valence-electron chi connectivity index (χ2n) is 6.66. The van der Waals surface area contributed by atoms with Gasteiger partial charge >= 0.3 is 0 Å². The van der Waals surface area contributed by atoms with Crippen molar-refractivity contribution in [3.05, 3.63) is 46.2 Å². The van der Waals surface area contributed by atoms with Crippen LogP contribution in [0.1, 0.15) is 22.0 Å². The highest BCUT2D eigenvalue weighted by molar-refractivity contribution is 7.07. The van der Waals surface area contributed by atoms with E-state index in [1.54, 1.807) is 43.8 Å². The summed E-state index contributed by atoms with van der Waals surface area (Å²) in [4.78, 5) is 17.6. The third kappa shape index (κ3) is 4.61. The molecule has 2 heterocycles. The molecule has 1 atom stereocenters. The molecule has 0 bridgehead atoms. The van der Waals surface area contributed by atoms with Crippen molar-refractivity contribution in [2.75, 3.05) is 54.0 Å². The Morgan fingerprint density at radius 3 is 2.59 bits per heavy atom. The number of carbonyl (C=O) groups excluding carboxylic acids is 1. The summed E-state index contributed by atoms with van der Waals surface area (Å²) in [6, 6.07) is 7.66. The number of ether oxygens (including phenoxy) is 2. The number of para-hydroxylation sites is 1. The molecule has 1 fully saturated rings. The summed E-state index contributed by atoms with van der Waals surface area (Å²) in [5, 5.41) is 7.35. The van der Waals surface area contributed by atoms with Gasteiger partial charge in [0.15, 0.2) is 11.5 Å². The maximum Gasteiger partial charge on any atom is 0.255 e. The van der Waals surface area contributed by atoms with Crippen molar-refractivity contribution in [2.24, 2.45) is 0 Å². The van der Waals surface area contributed by atoms with Gasteiger partial charge in [0.1, 0.15) is 0 Å². The van der Waals surface area contributed by atoms with Gasteiger partial charge in [0, 0.05) is 32.7 Å². The molecule has 0 radical (unpaired) electrons. The zero-order valence-corrected chi connectivity index (χ0v) is 16.9. The zero-order valence-electron chi connectivity index (χ0n) is 16.1. The molecule has 0 saturated carbocycles. The molecule has 1 amide bonds. The zero-order chi connectivity index (χ0) is 19.2. The first-order valence-electron chi connectivity index (χ1n) is 9.08. The Morgan fingerprint density at radius 2 is 1.96 bits per heavy atom. The van der Waals surface area contributed by atoms with Gasteiger partial charge in [-0.15, -0.1) is 0 Å². The van der Waals surface area contributed by atoms with Gasteiger partial charge in [-0.1, -0.05) is 6.07 Å². The smallest absolute Gasteiger partial charge is 0.255 e.